The van der Waals surface area contributed by atoms with E-state index in [4.69, 9.17) is 14.2 Å². The van der Waals surface area contributed by atoms with Crippen molar-refractivity contribution in [1.82, 2.24) is 4.90 Å². The maximum Gasteiger partial charge on any atom is 0.295 e. The summed E-state index contributed by atoms with van der Waals surface area (Å²) >= 11 is 0. The van der Waals surface area contributed by atoms with Crippen LogP contribution in [-0.4, -0.2) is 55.2 Å². The molecule has 1 amide bonds. The number of amides is 1. The van der Waals surface area contributed by atoms with Crippen molar-refractivity contribution in [1.29, 1.82) is 0 Å². The van der Waals surface area contributed by atoms with Crippen LogP contribution in [0.2, 0.25) is 0 Å². The van der Waals surface area contributed by atoms with Gasteiger partial charge in [-0.25, -0.2) is 0 Å². The van der Waals surface area contributed by atoms with E-state index in [2.05, 4.69) is 0 Å². The van der Waals surface area contributed by atoms with E-state index >= 15 is 0 Å². The standard InChI is InChI=1S/C29H37NO6/c1-6-16-36-22-12-9-20(10-13-22)26-25(28(32)29(33)30(26)15-8-17-34-5)27(31)21-11-14-24(35-7-2)23(18-21)19(3)4/h9-14,18-19,26,31H,6-8,15-17H2,1-5H3/b27-25-. The SMILES string of the molecule is CCCOc1ccc(C2/C(=C(/O)c3ccc(OCC)c(C(C)C)c3)C(=O)C(=O)N2CCCOC)cc1. The minimum atomic E-state index is -0.712. The molecule has 194 valence electrons. The number of hydrogen-bond donors (Lipinski definition) is 1. The molecular weight excluding hydrogens is 458 g/mol. The maximum atomic E-state index is 13.3. The maximum absolute atomic E-state index is 13.3. The molecule has 3 rings (SSSR count). The molecule has 0 saturated carbocycles. The molecule has 1 aliphatic heterocycles. The van der Waals surface area contributed by atoms with Crippen molar-refractivity contribution < 1.29 is 28.9 Å². The van der Waals surface area contributed by atoms with Crippen molar-refractivity contribution in [3.05, 3.63) is 64.7 Å². The fourth-order valence-corrected chi connectivity index (χ4v) is 4.39. The predicted octanol–water partition coefficient (Wildman–Crippen LogP) is 5.46. The van der Waals surface area contributed by atoms with Gasteiger partial charge in [0.15, 0.2) is 0 Å². The molecule has 1 heterocycles. The summed E-state index contributed by atoms with van der Waals surface area (Å²) in [7, 11) is 1.60. The van der Waals surface area contributed by atoms with Gasteiger partial charge in [0.25, 0.3) is 11.7 Å². The number of carbonyl (C=O) groups is 2. The summed E-state index contributed by atoms with van der Waals surface area (Å²) in [5.74, 6) is 0.0829. The molecule has 1 saturated heterocycles. The van der Waals surface area contributed by atoms with E-state index in [-0.39, 0.29) is 17.3 Å². The Hall–Kier alpha value is -3.32. The van der Waals surface area contributed by atoms with E-state index < -0.39 is 17.7 Å². The van der Waals surface area contributed by atoms with Crippen molar-refractivity contribution in [2.24, 2.45) is 0 Å². The Bertz CT molecular complexity index is 1090. The lowest BCUT2D eigenvalue weighted by Gasteiger charge is -2.25. The number of aliphatic hydroxyl groups excluding tert-OH is 1. The van der Waals surface area contributed by atoms with E-state index in [0.717, 1.165) is 23.3 Å². The van der Waals surface area contributed by atoms with E-state index in [0.29, 0.717) is 44.1 Å². The zero-order chi connectivity index (χ0) is 26.2. The topological polar surface area (TPSA) is 85.3 Å². The number of nitrogens with zero attached hydrogens (tertiary/aromatic N) is 1. The van der Waals surface area contributed by atoms with Gasteiger partial charge in [0.1, 0.15) is 17.3 Å². The highest BCUT2D eigenvalue weighted by molar-refractivity contribution is 6.46. The van der Waals surface area contributed by atoms with Crippen LogP contribution in [-0.2, 0) is 14.3 Å². The summed E-state index contributed by atoms with van der Waals surface area (Å²) in [6.45, 7) is 9.94. The summed E-state index contributed by atoms with van der Waals surface area (Å²) in [5.41, 5.74) is 2.21. The summed E-state index contributed by atoms with van der Waals surface area (Å²) in [6, 6.07) is 12.0. The van der Waals surface area contributed by atoms with Gasteiger partial charge in [-0.05, 0) is 67.1 Å². The van der Waals surface area contributed by atoms with Gasteiger partial charge in [-0.15, -0.1) is 0 Å². The highest BCUT2D eigenvalue weighted by Crippen LogP contribution is 2.41. The quantitative estimate of drug-likeness (QED) is 0.182. The third kappa shape index (κ3) is 5.90. The minimum absolute atomic E-state index is 0.0820. The molecule has 2 aromatic carbocycles. The van der Waals surface area contributed by atoms with E-state index in [1.165, 1.54) is 4.90 Å². The van der Waals surface area contributed by atoms with Crippen LogP contribution in [0.1, 0.15) is 69.2 Å². The van der Waals surface area contributed by atoms with Crippen molar-refractivity contribution in [2.45, 2.75) is 52.5 Å². The first-order chi connectivity index (χ1) is 17.3. The molecule has 1 unspecified atom stereocenters. The molecule has 1 fully saturated rings. The molecule has 36 heavy (non-hydrogen) atoms. The lowest BCUT2D eigenvalue weighted by molar-refractivity contribution is -0.140. The van der Waals surface area contributed by atoms with E-state index in [1.54, 1.807) is 19.2 Å². The highest BCUT2D eigenvalue weighted by atomic mass is 16.5. The normalized spacial score (nSPS) is 17.2. The van der Waals surface area contributed by atoms with Gasteiger partial charge >= 0.3 is 0 Å². The van der Waals surface area contributed by atoms with Gasteiger partial charge < -0.3 is 24.2 Å². The zero-order valence-electron chi connectivity index (χ0n) is 21.9. The molecule has 1 atom stereocenters. The minimum Gasteiger partial charge on any atom is -0.507 e. The van der Waals surface area contributed by atoms with Crippen LogP contribution in [0.25, 0.3) is 5.76 Å². The molecule has 7 heteroatoms. The number of aliphatic hydroxyl groups is 1. The molecule has 0 radical (unpaired) electrons. The molecule has 0 bridgehead atoms. The fraction of sp³-hybridized carbons (Fsp3) is 0.448. The van der Waals surface area contributed by atoms with Gasteiger partial charge in [0.05, 0.1) is 24.8 Å². The number of methoxy groups -OCH3 is 1. The summed E-state index contributed by atoms with van der Waals surface area (Å²) < 4.78 is 16.6. The van der Waals surface area contributed by atoms with Crippen LogP contribution >= 0.6 is 0 Å². The fourth-order valence-electron chi connectivity index (χ4n) is 4.39. The first kappa shape index (κ1) is 27.3. The lowest BCUT2D eigenvalue weighted by Crippen LogP contribution is -2.31. The Balaban J connectivity index is 2.10. The molecule has 0 spiro atoms. The first-order valence-corrected chi connectivity index (χ1v) is 12.6. The molecule has 2 aromatic rings. The van der Waals surface area contributed by atoms with Gasteiger partial charge in [0.2, 0.25) is 0 Å². The average molecular weight is 496 g/mol. The summed E-state index contributed by atoms with van der Waals surface area (Å²) in [6.07, 6.45) is 1.46. The molecular formula is C29H37NO6. The monoisotopic (exact) mass is 495 g/mol. The first-order valence-electron chi connectivity index (χ1n) is 12.6. The largest absolute Gasteiger partial charge is 0.507 e. The number of likely N-dealkylation sites (tertiary alicyclic amines) is 1. The van der Waals surface area contributed by atoms with Crippen molar-refractivity contribution in [3.8, 4) is 11.5 Å². The van der Waals surface area contributed by atoms with Crippen LogP contribution in [0.4, 0.5) is 0 Å². The second-order valence-corrected chi connectivity index (χ2v) is 9.10. The van der Waals surface area contributed by atoms with Gasteiger partial charge in [-0.2, -0.15) is 0 Å². The number of ether oxygens (including phenoxy) is 3. The number of Topliss-reactive ketones (excluding diaryl/α,β-unsaturated/α-hetero) is 1. The van der Waals surface area contributed by atoms with Crippen LogP contribution in [0.5, 0.6) is 11.5 Å². The Labute approximate surface area is 213 Å². The highest BCUT2D eigenvalue weighted by Gasteiger charge is 2.45. The number of ketones is 1. The van der Waals surface area contributed by atoms with Gasteiger partial charge in [0, 0.05) is 25.8 Å². The number of benzene rings is 2. The van der Waals surface area contributed by atoms with E-state index in [1.807, 2.05) is 58.0 Å². The smallest absolute Gasteiger partial charge is 0.295 e. The average Bonchev–Trinajstić information content (AvgIpc) is 3.13. The lowest BCUT2D eigenvalue weighted by atomic mass is 9.93. The van der Waals surface area contributed by atoms with Crippen LogP contribution < -0.4 is 9.47 Å². The number of hydrogen-bond acceptors (Lipinski definition) is 6. The Morgan fingerprint density at radius 2 is 1.75 bits per heavy atom. The Morgan fingerprint density at radius 3 is 2.36 bits per heavy atom. The predicted molar refractivity (Wildman–Crippen MR) is 139 cm³/mol. The molecule has 7 nitrogen and oxygen atoms in total. The van der Waals surface area contributed by atoms with Crippen molar-refractivity contribution in [3.63, 3.8) is 0 Å². The third-order valence-corrected chi connectivity index (χ3v) is 6.16. The Kier molecular flexibility index (Phi) is 9.53. The van der Waals surface area contributed by atoms with Crippen LogP contribution in [0, 0.1) is 0 Å². The van der Waals surface area contributed by atoms with Gasteiger partial charge in [-0.3, -0.25) is 9.59 Å². The van der Waals surface area contributed by atoms with E-state index in [9.17, 15) is 14.7 Å². The van der Waals surface area contributed by atoms with Crippen LogP contribution in [0.3, 0.4) is 0 Å². The summed E-state index contributed by atoms with van der Waals surface area (Å²) in [5, 5.41) is 11.4. The molecule has 1 N–H and O–H groups in total. The van der Waals surface area contributed by atoms with Crippen molar-refractivity contribution in [2.75, 3.05) is 33.5 Å². The Morgan fingerprint density at radius 1 is 1.03 bits per heavy atom. The second kappa shape index (κ2) is 12.6. The molecule has 0 aromatic heterocycles. The van der Waals surface area contributed by atoms with Gasteiger partial charge in [-0.1, -0.05) is 32.9 Å². The second-order valence-electron chi connectivity index (χ2n) is 9.10. The number of rotatable bonds is 12. The van der Waals surface area contributed by atoms with Crippen molar-refractivity contribution >= 4 is 17.4 Å². The molecule has 1 aliphatic rings. The van der Waals surface area contributed by atoms with Crippen LogP contribution in [0.15, 0.2) is 48.0 Å². The zero-order valence-corrected chi connectivity index (χ0v) is 21.9. The summed E-state index contributed by atoms with van der Waals surface area (Å²) in [4.78, 5) is 27.9. The third-order valence-electron chi connectivity index (χ3n) is 6.16. The number of carbonyl (C=O) groups excluding carboxylic acids is 2. The molecule has 0 aliphatic carbocycles.